The third kappa shape index (κ3) is 4.88. The first-order valence-electron chi connectivity index (χ1n) is 10.3. The molecule has 1 saturated heterocycles. The van der Waals surface area contributed by atoms with E-state index in [1.54, 1.807) is 11.0 Å². The lowest BCUT2D eigenvalue weighted by atomic mass is 9.97. The molecule has 1 aliphatic carbocycles. The third-order valence-electron chi connectivity index (χ3n) is 5.72. The molecule has 2 aliphatic rings. The number of alkyl halides is 3. The third-order valence-corrected chi connectivity index (χ3v) is 5.72. The molecule has 2 aromatic rings. The number of aromatic nitrogens is 4. The molecular formula is C19H23F3N6O3. The second-order valence-electron chi connectivity index (χ2n) is 7.90. The van der Waals surface area contributed by atoms with Crippen LogP contribution in [-0.2, 0) is 20.5 Å². The number of carbonyl (C=O) groups excluding carboxylic acids is 2. The standard InChI is InChI=1S/C19H23F3N6O3/c20-19(21,22)18-25-24-14-5-6-15(26-28(14)18)27-9-7-12(8-10-27)17(30)31-11-16(29)23-13-3-1-2-4-13/h5-6,12-13H,1-4,7-11H2,(H,23,29). The average Bonchev–Trinajstić information content (AvgIpc) is 3.41. The monoisotopic (exact) mass is 440 g/mol. The van der Waals surface area contributed by atoms with Gasteiger partial charge in [-0.1, -0.05) is 12.8 Å². The van der Waals surface area contributed by atoms with Gasteiger partial charge in [0.05, 0.1) is 5.92 Å². The Kier molecular flexibility index (Phi) is 5.96. The van der Waals surface area contributed by atoms with E-state index in [1.807, 2.05) is 0 Å². The van der Waals surface area contributed by atoms with E-state index in [0.29, 0.717) is 36.3 Å². The summed E-state index contributed by atoms with van der Waals surface area (Å²) in [5.74, 6) is -1.91. The molecule has 1 saturated carbocycles. The number of nitrogens with one attached hydrogen (secondary N) is 1. The van der Waals surface area contributed by atoms with E-state index in [0.717, 1.165) is 25.7 Å². The molecule has 0 unspecified atom stereocenters. The van der Waals surface area contributed by atoms with Crippen molar-refractivity contribution in [2.75, 3.05) is 24.6 Å². The van der Waals surface area contributed by atoms with Crippen LogP contribution in [0.1, 0.15) is 44.3 Å². The predicted octanol–water partition coefficient (Wildman–Crippen LogP) is 1.96. The second kappa shape index (κ2) is 8.67. The molecule has 4 rings (SSSR count). The first-order chi connectivity index (χ1) is 14.8. The molecule has 1 N–H and O–H groups in total. The molecule has 3 heterocycles. The molecule has 168 valence electrons. The Morgan fingerprint density at radius 1 is 1.10 bits per heavy atom. The van der Waals surface area contributed by atoms with Gasteiger partial charge in [0.15, 0.2) is 12.3 Å². The van der Waals surface area contributed by atoms with Gasteiger partial charge in [0.25, 0.3) is 11.7 Å². The number of carbonyl (C=O) groups is 2. The van der Waals surface area contributed by atoms with Gasteiger partial charge in [-0.3, -0.25) is 9.59 Å². The van der Waals surface area contributed by atoms with Gasteiger partial charge < -0.3 is 15.0 Å². The minimum atomic E-state index is -4.66. The van der Waals surface area contributed by atoms with Gasteiger partial charge in [0.1, 0.15) is 5.82 Å². The Morgan fingerprint density at radius 3 is 2.48 bits per heavy atom. The fourth-order valence-electron chi connectivity index (χ4n) is 4.06. The molecule has 1 amide bonds. The van der Waals surface area contributed by atoms with Gasteiger partial charge in [-0.15, -0.1) is 15.3 Å². The van der Waals surface area contributed by atoms with E-state index >= 15 is 0 Å². The van der Waals surface area contributed by atoms with Crippen LogP contribution in [0.3, 0.4) is 0 Å². The number of anilines is 1. The van der Waals surface area contributed by atoms with Crippen LogP contribution in [0, 0.1) is 5.92 Å². The highest BCUT2D eigenvalue weighted by molar-refractivity contribution is 5.81. The van der Waals surface area contributed by atoms with Crippen molar-refractivity contribution in [2.45, 2.75) is 50.7 Å². The SMILES string of the molecule is O=C(COC(=O)C1CCN(c2ccc3nnc(C(F)(F)F)n3n2)CC1)NC1CCCC1. The fraction of sp³-hybridized carbons (Fsp3) is 0.632. The normalized spacial score (nSPS) is 18.5. The summed E-state index contributed by atoms with van der Waals surface area (Å²) in [5.41, 5.74) is 0.00502. The predicted molar refractivity (Wildman–Crippen MR) is 102 cm³/mol. The van der Waals surface area contributed by atoms with Crippen molar-refractivity contribution in [1.29, 1.82) is 0 Å². The molecule has 0 aromatic carbocycles. The van der Waals surface area contributed by atoms with Crippen LogP contribution in [0.2, 0.25) is 0 Å². The first-order valence-corrected chi connectivity index (χ1v) is 10.3. The van der Waals surface area contributed by atoms with Crippen LogP contribution in [0.15, 0.2) is 12.1 Å². The van der Waals surface area contributed by atoms with Crippen LogP contribution < -0.4 is 10.2 Å². The summed E-state index contributed by atoms with van der Waals surface area (Å²) in [5, 5.41) is 13.6. The fourth-order valence-corrected chi connectivity index (χ4v) is 4.06. The molecule has 0 bridgehead atoms. The van der Waals surface area contributed by atoms with Gasteiger partial charge in [-0.25, -0.2) is 0 Å². The molecule has 2 fully saturated rings. The van der Waals surface area contributed by atoms with Crippen LogP contribution in [0.5, 0.6) is 0 Å². The van der Waals surface area contributed by atoms with Gasteiger partial charge in [0, 0.05) is 19.1 Å². The van der Waals surface area contributed by atoms with Crippen molar-refractivity contribution in [1.82, 2.24) is 25.1 Å². The number of fused-ring (bicyclic) bond motifs is 1. The van der Waals surface area contributed by atoms with E-state index < -0.39 is 18.0 Å². The smallest absolute Gasteiger partial charge is 0.453 e. The number of ether oxygens (including phenoxy) is 1. The zero-order valence-corrected chi connectivity index (χ0v) is 16.8. The number of halogens is 3. The summed E-state index contributed by atoms with van der Waals surface area (Å²) in [6.07, 6.45) is 0.356. The molecule has 2 aromatic heterocycles. The highest BCUT2D eigenvalue weighted by Crippen LogP contribution is 2.29. The number of esters is 1. The van der Waals surface area contributed by atoms with Gasteiger partial charge in [0.2, 0.25) is 0 Å². The van der Waals surface area contributed by atoms with Gasteiger partial charge >= 0.3 is 12.1 Å². The Labute approximate surface area is 175 Å². The lowest BCUT2D eigenvalue weighted by Gasteiger charge is -2.31. The zero-order valence-electron chi connectivity index (χ0n) is 16.8. The lowest BCUT2D eigenvalue weighted by molar-refractivity contribution is -0.153. The van der Waals surface area contributed by atoms with E-state index in [9.17, 15) is 22.8 Å². The number of hydrogen-bond donors (Lipinski definition) is 1. The van der Waals surface area contributed by atoms with Crippen molar-refractivity contribution in [3.8, 4) is 0 Å². The van der Waals surface area contributed by atoms with E-state index in [4.69, 9.17) is 4.74 Å². The average molecular weight is 440 g/mol. The van der Waals surface area contributed by atoms with Crippen LogP contribution in [0.25, 0.3) is 5.65 Å². The molecule has 12 heteroatoms. The molecular weight excluding hydrogens is 417 g/mol. The van der Waals surface area contributed by atoms with Crippen LogP contribution >= 0.6 is 0 Å². The Bertz CT molecular complexity index is 949. The first kappa shape index (κ1) is 21.3. The molecule has 0 atom stereocenters. The van der Waals surface area contributed by atoms with Gasteiger partial charge in [-0.05, 0) is 37.8 Å². The van der Waals surface area contributed by atoms with E-state index in [1.165, 1.54) is 6.07 Å². The highest BCUT2D eigenvalue weighted by atomic mass is 19.4. The number of hydrogen-bond acceptors (Lipinski definition) is 7. The Hall–Kier alpha value is -2.92. The maximum Gasteiger partial charge on any atom is 0.453 e. The minimum absolute atomic E-state index is 0.00502. The van der Waals surface area contributed by atoms with Crippen molar-refractivity contribution in [3.05, 3.63) is 18.0 Å². The van der Waals surface area contributed by atoms with Crippen LogP contribution in [-0.4, -0.2) is 57.4 Å². The maximum absolute atomic E-state index is 13.1. The molecule has 0 radical (unpaired) electrons. The van der Waals surface area contributed by atoms with Gasteiger partial charge in [-0.2, -0.15) is 17.7 Å². The summed E-state index contributed by atoms with van der Waals surface area (Å²) < 4.78 is 45.0. The quantitative estimate of drug-likeness (QED) is 0.710. The van der Waals surface area contributed by atoms with Crippen LogP contribution in [0.4, 0.5) is 19.0 Å². The summed E-state index contributed by atoms with van der Waals surface area (Å²) >= 11 is 0. The molecule has 9 nitrogen and oxygen atoms in total. The number of nitrogens with zero attached hydrogens (tertiary/aromatic N) is 5. The Balaban J connectivity index is 1.30. The summed E-state index contributed by atoms with van der Waals surface area (Å²) in [4.78, 5) is 26.0. The topological polar surface area (TPSA) is 102 Å². The van der Waals surface area contributed by atoms with Crippen molar-refractivity contribution < 1.29 is 27.5 Å². The van der Waals surface area contributed by atoms with E-state index in [-0.39, 0.29) is 30.1 Å². The summed E-state index contributed by atoms with van der Waals surface area (Å²) in [6.45, 7) is 0.563. The molecule has 31 heavy (non-hydrogen) atoms. The Morgan fingerprint density at radius 2 is 1.81 bits per heavy atom. The second-order valence-corrected chi connectivity index (χ2v) is 7.90. The summed E-state index contributed by atoms with van der Waals surface area (Å²) in [7, 11) is 0. The summed E-state index contributed by atoms with van der Waals surface area (Å²) in [6, 6.07) is 3.17. The van der Waals surface area contributed by atoms with E-state index in [2.05, 4.69) is 20.6 Å². The minimum Gasteiger partial charge on any atom is -0.455 e. The van der Waals surface area contributed by atoms with Crippen molar-refractivity contribution in [3.63, 3.8) is 0 Å². The molecule has 1 aliphatic heterocycles. The molecule has 0 spiro atoms. The zero-order chi connectivity index (χ0) is 22.0. The number of piperidine rings is 1. The van der Waals surface area contributed by atoms with Crippen molar-refractivity contribution in [2.24, 2.45) is 5.92 Å². The lowest BCUT2D eigenvalue weighted by Crippen LogP contribution is -2.39. The number of amides is 1. The largest absolute Gasteiger partial charge is 0.455 e. The van der Waals surface area contributed by atoms with Crippen molar-refractivity contribution >= 4 is 23.3 Å². The maximum atomic E-state index is 13.1. The number of rotatable bonds is 5. The highest BCUT2D eigenvalue weighted by Gasteiger charge is 2.38.